The number of amides is 2. The van der Waals surface area contributed by atoms with Crippen molar-refractivity contribution in [2.75, 3.05) is 32.2 Å². The molecule has 0 aliphatic heterocycles. The number of hydrogen-bond donors (Lipinski definition) is 1. The summed E-state index contributed by atoms with van der Waals surface area (Å²) in [4.78, 5) is 28.7. The fourth-order valence-electron chi connectivity index (χ4n) is 4.36. The van der Waals surface area contributed by atoms with Crippen molar-refractivity contribution in [3.63, 3.8) is 0 Å². The molecular formula is C31H37BrClN3O7S. The van der Waals surface area contributed by atoms with Gasteiger partial charge in [-0.3, -0.25) is 13.9 Å². The van der Waals surface area contributed by atoms with Gasteiger partial charge in [0.15, 0.2) is 11.5 Å². The Kier molecular flexibility index (Phi) is 12.3. The van der Waals surface area contributed by atoms with Crippen LogP contribution in [0, 0.1) is 0 Å². The van der Waals surface area contributed by atoms with Crippen molar-refractivity contribution in [3.05, 3.63) is 75.7 Å². The summed E-state index contributed by atoms with van der Waals surface area (Å²) in [6, 6.07) is 14.9. The normalized spacial score (nSPS) is 12.5. The summed E-state index contributed by atoms with van der Waals surface area (Å²) in [6.07, 6.45) is 0.698. The van der Waals surface area contributed by atoms with Crippen molar-refractivity contribution < 1.29 is 32.2 Å². The maximum absolute atomic E-state index is 14.3. The quantitative estimate of drug-likeness (QED) is 0.230. The Morgan fingerprint density at radius 2 is 1.59 bits per heavy atom. The fourth-order valence-corrected chi connectivity index (χ4v) is 6.40. The van der Waals surface area contributed by atoms with E-state index in [-0.39, 0.29) is 45.6 Å². The maximum atomic E-state index is 14.3. The van der Waals surface area contributed by atoms with E-state index in [1.54, 1.807) is 13.0 Å². The van der Waals surface area contributed by atoms with Gasteiger partial charge in [0.2, 0.25) is 11.8 Å². The number of anilines is 1. The molecule has 0 bridgehead atoms. The molecule has 0 radical (unpaired) electrons. The topological polar surface area (TPSA) is 114 Å². The molecule has 3 aromatic carbocycles. The zero-order valence-electron chi connectivity index (χ0n) is 25.5. The second-order valence-corrected chi connectivity index (χ2v) is 13.2. The number of carbonyl (C=O) groups excluding carboxylic acids is 2. The van der Waals surface area contributed by atoms with E-state index in [1.807, 2.05) is 38.1 Å². The van der Waals surface area contributed by atoms with Crippen LogP contribution in [0.25, 0.3) is 0 Å². The molecule has 0 aliphatic rings. The van der Waals surface area contributed by atoms with E-state index in [2.05, 4.69) is 21.2 Å². The molecule has 0 aliphatic carbocycles. The number of benzene rings is 3. The summed E-state index contributed by atoms with van der Waals surface area (Å²) in [5, 5.41) is 3.14. The van der Waals surface area contributed by atoms with Crippen molar-refractivity contribution in [2.24, 2.45) is 0 Å². The number of sulfonamides is 1. The number of methoxy groups -OCH3 is 3. The minimum absolute atomic E-state index is 0.0438. The maximum Gasteiger partial charge on any atom is 0.265 e. The number of nitrogens with zero attached hydrogens (tertiary/aromatic N) is 2. The Morgan fingerprint density at radius 1 is 0.932 bits per heavy atom. The Bertz CT molecular complexity index is 1590. The van der Waals surface area contributed by atoms with Crippen LogP contribution in [0.2, 0.25) is 5.02 Å². The van der Waals surface area contributed by atoms with Gasteiger partial charge in [-0.15, -0.1) is 0 Å². The van der Waals surface area contributed by atoms with Crippen molar-refractivity contribution >= 4 is 55.1 Å². The molecule has 44 heavy (non-hydrogen) atoms. The number of hydrogen-bond acceptors (Lipinski definition) is 7. The lowest BCUT2D eigenvalue weighted by molar-refractivity contribution is -0.139. The Labute approximate surface area is 272 Å². The zero-order valence-corrected chi connectivity index (χ0v) is 28.6. The molecule has 0 heterocycles. The van der Waals surface area contributed by atoms with Crippen LogP contribution in [0.3, 0.4) is 0 Å². The van der Waals surface area contributed by atoms with E-state index in [1.165, 1.54) is 56.6 Å². The SMILES string of the molecule is CCC(C)NC(=O)C(C)N(Cc1cccc(Br)c1)C(=O)CN(c1cc(Cl)ccc1OC)S(=O)(=O)c1ccc(OC)c(OC)c1. The highest BCUT2D eigenvalue weighted by Crippen LogP contribution is 2.37. The molecule has 0 saturated heterocycles. The van der Waals surface area contributed by atoms with Gasteiger partial charge in [-0.2, -0.15) is 0 Å². The van der Waals surface area contributed by atoms with Gasteiger partial charge >= 0.3 is 0 Å². The molecule has 2 amide bonds. The number of nitrogens with one attached hydrogen (secondary N) is 1. The van der Waals surface area contributed by atoms with E-state index < -0.39 is 28.5 Å². The van der Waals surface area contributed by atoms with Crippen molar-refractivity contribution in [2.45, 2.75) is 50.7 Å². The molecule has 238 valence electrons. The number of carbonyl (C=O) groups is 2. The molecule has 3 rings (SSSR count). The van der Waals surface area contributed by atoms with Gasteiger partial charge in [0, 0.05) is 28.1 Å². The predicted octanol–water partition coefficient (Wildman–Crippen LogP) is 5.66. The lowest BCUT2D eigenvalue weighted by atomic mass is 10.1. The van der Waals surface area contributed by atoms with Gasteiger partial charge in [0.1, 0.15) is 18.3 Å². The summed E-state index contributed by atoms with van der Waals surface area (Å²) in [7, 11) is -0.222. The number of ether oxygens (including phenoxy) is 3. The standard InChI is InChI=1S/C31H37BrClN3O7S/c1-7-20(2)34-31(38)21(3)35(18-22-9-8-10-23(32)15-22)30(37)19-36(26-16-24(33)11-13-27(26)41-4)44(39,40)25-12-14-28(42-5)29(17-25)43-6/h8-17,20-21H,7,18-19H2,1-6H3,(H,34,38). The second kappa shape index (κ2) is 15.5. The fraction of sp³-hybridized carbons (Fsp3) is 0.355. The van der Waals surface area contributed by atoms with Gasteiger partial charge in [-0.1, -0.05) is 46.6 Å². The Morgan fingerprint density at radius 3 is 2.20 bits per heavy atom. The van der Waals surface area contributed by atoms with Crippen LogP contribution in [-0.4, -0.2) is 65.1 Å². The van der Waals surface area contributed by atoms with Crippen LogP contribution >= 0.6 is 27.5 Å². The van der Waals surface area contributed by atoms with Crippen molar-refractivity contribution in [3.8, 4) is 17.2 Å². The molecule has 0 fully saturated rings. The molecule has 13 heteroatoms. The smallest absolute Gasteiger partial charge is 0.265 e. The molecule has 0 saturated carbocycles. The largest absolute Gasteiger partial charge is 0.495 e. The van der Waals surface area contributed by atoms with Crippen molar-refractivity contribution in [1.82, 2.24) is 10.2 Å². The van der Waals surface area contributed by atoms with E-state index in [0.29, 0.717) is 12.2 Å². The highest BCUT2D eigenvalue weighted by atomic mass is 79.9. The van der Waals surface area contributed by atoms with Crippen LogP contribution in [0.4, 0.5) is 5.69 Å². The lowest BCUT2D eigenvalue weighted by Crippen LogP contribution is -2.52. The first-order valence-electron chi connectivity index (χ1n) is 13.8. The third-order valence-electron chi connectivity index (χ3n) is 7.04. The zero-order chi connectivity index (χ0) is 32.6. The minimum Gasteiger partial charge on any atom is -0.495 e. The number of halogens is 2. The minimum atomic E-state index is -4.43. The highest BCUT2D eigenvalue weighted by Gasteiger charge is 2.34. The summed E-state index contributed by atoms with van der Waals surface area (Å²) in [5.74, 6) is -0.298. The summed E-state index contributed by atoms with van der Waals surface area (Å²) in [6.45, 7) is 4.80. The molecular weight excluding hydrogens is 674 g/mol. The average Bonchev–Trinajstić information content (AvgIpc) is 3.01. The van der Waals surface area contributed by atoms with Gasteiger partial charge in [0.25, 0.3) is 10.0 Å². The van der Waals surface area contributed by atoms with E-state index in [4.69, 9.17) is 25.8 Å². The van der Waals surface area contributed by atoms with Crippen LogP contribution in [0.15, 0.2) is 70.0 Å². The third-order valence-corrected chi connectivity index (χ3v) is 9.53. The van der Waals surface area contributed by atoms with E-state index in [9.17, 15) is 18.0 Å². The Hall–Kier alpha value is -3.48. The molecule has 1 N–H and O–H groups in total. The average molecular weight is 711 g/mol. The molecule has 2 atom stereocenters. The molecule has 3 aromatic rings. The molecule has 2 unspecified atom stereocenters. The van der Waals surface area contributed by atoms with Gasteiger partial charge in [0.05, 0.1) is 31.9 Å². The van der Waals surface area contributed by atoms with Crippen LogP contribution in [0.1, 0.15) is 32.8 Å². The molecule has 10 nitrogen and oxygen atoms in total. The first-order chi connectivity index (χ1) is 20.9. The predicted molar refractivity (Wildman–Crippen MR) is 174 cm³/mol. The lowest BCUT2D eigenvalue weighted by Gasteiger charge is -2.33. The van der Waals surface area contributed by atoms with Gasteiger partial charge in [-0.25, -0.2) is 8.42 Å². The first-order valence-corrected chi connectivity index (χ1v) is 16.4. The van der Waals surface area contributed by atoms with E-state index in [0.717, 1.165) is 14.3 Å². The van der Waals surface area contributed by atoms with Crippen molar-refractivity contribution in [1.29, 1.82) is 0 Å². The summed E-state index contributed by atoms with van der Waals surface area (Å²) < 4.78 is 46.4. The molecule has 0 spiro atoms. The van der Waals surface area contributed by atoms with Crippen LogP contribution < -0.4 is 23.8 Å². The second-order valence-electron chi connectivity index (χ2n) is 9.99. The summed E-state index contributed by atoms with van der Waals surface area (Å²) in [5.41, 5.74) is 0.785. The van der Waals surface area contributed by atoms with Crippen LogP contribution in [-0.2, 0) is 26.2 Å². The summed E-state index contributed by atoms with van der Waals surface area (Å²) >= 11 is 9.76. The van der Waals surface area contributed by atoms with Crippen LogP contribution in [0.5, 0.6) is 17.2 Å². The van der Waals surface area contributed by atoms with Gasteiger partial charge < -0.3 is 24.4 Å². The monoisotopic (exact) mass is 709 g/mol. The van der Waals surface area contributed by atoms with E-state index >= 15 is 0 Å². The number of rotatable bonds is 14. The third kappa shape index (κ3) is 8.36. The van der Waals surface area contributed by atoms with Gasteiger partial charge in [-0.05, 0) is 68.3 Å². The highest BCUT2D eigenvalue weighted by molar-refractivity contribution is 9.10. The molecule has 0 aromatic heterocycles. The first kappa shape index (κ1) is 35.0. The Balaban J connectivity index is 2.15.